The Labute approximate surface area is 159 Å². The molecule has 1 amide bonds. The van der Waals surface area contributed by atoms with Gasteiger partial charge in [-0.1, -0.05) is 18.2 Å². The van der Waals surface area contributed by atoms with Gasteiger partial charge in [0.1, 0.15) is 0 Å². The zero-order valence-corrected chi connectivity index (χ0v) is 15.5. The minimum absolute atomic E-state index is 0.0735. The first-order valence-electron chi connectivity index (χ1n) is 9.93. The molecule has 6 heteroatoms. The van der Waals surface area contributed by atoms with E-state index in [2.05, 4.69) is 0 Å². The molecule has 1 saturated carbocycles. The van der Waals surface area contributed by atoms with E-state index in [1.165, 1.54) is 0 Å². The highest BCUT2D eigenvalue weighted by atomic mass is 16.5. The van der Waals surface area contributed by atoms with Gasteiger partial charge in [0.15, 0.2) is 0 Å². The van der Waals surface area contributed by atoms with E-state index < -0.39 is 11.9 Å². The van der Waals surface area contributed by atoms with E-state index in [4.69, 9.17) is 9.47 Å². The number of benzene rings is 1. The van der Waals surface area contributed by atoms with E-state index in [0.717, 1.165) is 44.5 Å². The van der Waals surface area contributed by atoms with Crippen molar-refractivity contribution in [3.8, 4) is 0 Å². The van der Waals surface area contributed by atoms with Crippen molar-refractivity contribution in [3.05, 3.63) is 35.4 Å². The van der Waals surface area contributed by atoms with E-state index in [9.17, 15) is 14.7 Å². The lowest BCUT2D eigenvalue weighted by Gasteiger charge is -2.23. The van der Waals surface area contributed by atoms with Crippen LogP contribution in [0.2, 0.25) is 0 Å². The monoisotopic (exact) mass is 373 g/mol. The molecule has 2 saturated heterocycles. The fraction of sp³-hybridized carbons (Fsp3) is 0.619. The zero-order chi connectivity index (χ0) is 18.8. The normalized spacial score (nSPS) is 26.3. The molecule has 2 aliphatic heterocycles. The Balaban J connectivity index is 1.44. The van der Waals surface area contributed by atoms with Crippen molar-refractivity contribution in [2.24, 2.45) is 17.8 Å². The third-order valence-electron chi connectivity index (χ3n) is 6.09. The van der Waals surface area contributed by atoms with E-state index in [1.807, 2.05) is 24.3 Å². The van der Waals surface area contributed by atoms with E-state index in [0.29, 0.717) is 31.2 Å². The summed E-state index contributed by atoms with van der Waals surface area (Å²) in [7, 11) is 0. The van der Waals surface area contributed by atoms with Crippen molar-refractivity contribution in [2.45, 2.75) is 38.4 Å². The van der Waals surface area contributed by atoms with Gasteiger partial charge < -0.3 is 19.5 Å². The first-order valence-corrected chi connectivity index (χ1v) is 9.93. The van der Waals surface area contributed by atoms with Gasteiger partial charge in [0.2, 0.25) is 0 Å². The summed E-state index contributed by atoms with van der Waals surface area (Å²) in [6.45, 7) is 2.70. The summed E-state index contributed by atoms with van der Waals surface area (Å²) in [5, 5.41) is 9.55. The van der Waals surface area contributed by atoms with Crippen LogP contribution in [0, 0.1) is 17.8 Å². The minimum Gasteiger partial charge on any atom is -0.481 e. The highest BCUT2D eigenvalue weighted by Crippen LogP contribution is 2.44. The number of carboxylic acids is 1. The van der Waals surface area contributed by atoms with Gasteiger partial charge >= 0.3 is 5.97 Å². The Morgan fingerprint density at radius 3 is 2.56 bits per heavy atom. The predicted molar refractivity (Wildman–Crippen MR) is 98.3 cm³/mol. The van der Waals surface area contributed by atoms with Gasteiger partial charge in [-0.2, -0.15) is 0 Å². The first kappa shape index (κ1) is 18.4. The molecule has 6 nitrogen and oxygen atoms in total. The largest absolute Gasteiger partial charge is 0.481 e. The summed E-state index contributed by atoms with van der Waals surface area (Å²) in [5.74, 6) is -0.728. The molecule has 0 unspecified atom stereocenters. The Morgan fingerprint density at radius 1 is 1.11 bits per heavy atom. The van der Waals surface area contributed by atoms with Crippen LogP contribution in [-0.4, -0.2) is 54.3 Å². The van der Waals surface area contributed by atoms with Crippen LogP contribution in [0.25, 0.3) is 0 Å². The topological polar surface area (TPSA) is 76.1 Å². The van der Waals surface area contributed by atoms with Crippen LogP contribution in [0.1, 0.15) is 41.6 Å². The summed E-state index contributed by atoms with van der Waals surface area (Å²) in [4.78, 5) is 26.5. The predicted octanol–water partition coefficient (Wildman–Crippen LogP) is 2.57. The second kappa shape index (κ2) is 7.98. The number of ether oxygens (including phenoxy) is 2. The van der Waals surface area contributed by atoms with Gasteiger partial charge in [-0.15, -0.1) is 0 Å². The molecular formula is C21H27NO5. The first-order chi connectivity index (χ1) is 13.1. The van der Waals surface area contributed by atoms with Gasteiger partial charge in [0.05, 0.1) is 18.6 Å². The number of hydrogen-bond donors (Lipinski definition) is 1. The molecule has 0 bridgehead atoms. The summed E-state index contributed by atoms with van der Waals surface area (Å²) in [6, 6.07) is 7.52. The Morgan fingerprint density at radius 2 is 1.85 bits per heavy atom. The van der Waals surface area contributed by atoms with Crippen molar-refractivity contribution < 1.29 is 24.2 Å². The number of hydrogen-bond acceptors (Lipinski definition) is 4. The van der Waals surface area contributed by atoms with Gasteiger partial charge in [-0.05, 0) is 49.1 Å². The molecule has 146 valence electrons. The molecule has 0 spiro atoms. The third-order valence-corrected chi connectivity index (χ3v) is 6.09. The highest BCUT2D eigenvalue weighted by Gasteiger charge is 2.47. The second-order valence-corrected chi connectivity index (χ2v) is 7.94. The average Bonchev–Trinajstić information content (AvgIpc) is 3.44. The van der Waals surface area contributed by atoms with E-state index in [1.54, 1.807) is 4.90 Å². The van der Waals surface area contributed by atoms with Gasteiger partial charge in [0, 0.05) is 31.9 Å². The molecule has 3 aliphatic rings. The number of rotatable bonds is 6. The van der Waals surface area contributed by atoms with E-state index >= 15 is 0 Å². The molecule has 4 rings (SSSR count). The Kier molecular flexibility index (Phi) is 5.45. The van der Waals surface area contributed by atoms with Crippen LogP contribution in [0.5, 0.6) is 0 Å². The molecule has 1 aromatic rings. The number of aliphatic carboxylic acids is 1. The van der Waals surface area contributed by atoms with Crippen LogP contribution >= 0.6 is 0 Å². The molecule has 27 heavy (non-hydrogen) atoms. The summed E-state index contributed by atoms with van der Waals surface area (Å²) in [5.41, 5.74) is 1.50. The van der Waals surface area contributed by atoms with Crippen LogP contribution in [0.4, 0.5) is 0 Å². The maximum absolute atomic E-state index is 13.1. The molecule has 1 N–H and O–H groups in total. The summed E-state index contributed by atoms with van der Waals surface area (Å²) in [6.07, 6.45) is 4.11. The smallest absolute Gasteiger partial charge is 0.308 e. The van der Waals surface area contributed by atoms with Crippen molar-refractivity contribution in [2.75, 3.05) is 26.3 Å². The molecule has 0 aromatic heterocycles. The molecule has 0 radical (unpaired) electrons. The fourth-order valence-electron chi connectivity index (χ4n) is 4.33. The highest BCUT2D eigenvalue weighted by molar-refractivity contribution is 5.96. The number of amides is 1. The average molecular weight is 373 g/mol. The zero-order valence-electron chi connectivity index (χ0n) is 15.5. The quantitative estimate of drug-likeness (QED) is 0.829. The molecule has 3 fully saturated rings. The van der Waals surface area contributed by atoms with Crippen molar-refractivity contribution in [3.63, 3.8) is 0 Å². The van der Waals surface area contributed by atoms with Gasteiger partial charge in [0.25, 0.3) is 5.91 Å². The number of carbonyl (C=O) groups excluding carboxylic acids is 1. The molecule has 2 atom stereocenters. The Hall–Kier alpha value is -1.92. The number of nitrogens with zero attached hydrogens (tertiary/aromatic N) is 1. The lowest BCUT2D eigenvalue weighted by Crippen LogP contribution is -2.31. The summed E-state index contributed by atoms with van der Waals surface area (Å²) < 4.78 is 11.4. The SMILES string of the molecule is O=C(O)[C@H]1CN(C(=O)c2ccccc2COC2CCOCC2)C[C@@H]1C1CC1. The minimum atomic E-state index is -0.779. The van der Waals surface area contributed by atoms with Crippen LogP contribution in [0.15, 0.2) is 24.3 Å². The van der Waals surface area contributed by atoms with E-state index in [-0.39, 0.29) is 17.9 Å². The van der Waals surface area contributed by atoms with Gasteiger partial charge in [-0.25, -0.2) is 0 Å². The Bertz CT molecular complexity index is 696. The molecule has 1 aromatic carbocycles. The second-order valence-electron chi connectivity index (χ2n) is 7.94. The summed E-state index contributed by atoms with van der Waals surface area (Å²) >= 11 is 0. The molecule has 1 aliphatic carbocycles. The van der Waals surface area contributed by atoms with Crippen molar-refractivity contribution >= 4 is 11.9 Å². The number of likely N-dealkylation sites (tertiary alicyclic amines) is 1. The van der Waals surface area contributed by atoms with Crippen LogP contribution in [0.3, 0.4) is 0 Å². The molecular weight excluding hydrogens is 346 g/mol. The van der Waals surface area contributed by atoms with Crippen LogP contribution < -0.4 is 0 Å². The third kappa shape index (κ3) is 4.17. The standard InChI is InChI=1S/C21H27NO5/c23-20(22-11-18(14-5-6-14)19(12-22)21(24)25)17-4-2-1-3-15(17)13-27-16-7-9-26-10-8-16/h1-4,14,16,18-19H,5-13H2,(H,24,25)/t18-,19+/m1/s1. The van der Waals surface area contributed by atoms with Crippen molar-refractivity contribution in [1.29, 1.82) is 0 Å². The maximum atomic E-state index is 13.1. The maximum Gasteiger partial charge on any atom is 0.308 e. The lowest BCUT2D eigenvalue weighted by molar-refractivity contribution is -0.142. The molecule has 2 heterocycles. The number of carbonyl (C=O) groups is 2. The van der Waals surface area contributed by atoms with Crippen molar-refractivity contribution in [1.82, 2.24) is 4.90 Å². The van der Waals surface area contributed by atoms with Crippen LogP contribution in [-0.2, 0) is 20.9 Å². The lowest BCUT2D eigenvalue weighted by atomic mass is 9.92. The number of carboxylic acid groups (broad SMARTS) is 1. The fourth-order valence-corrected chi connectivity index (χ4v) is 4.33. The van der Waals surface area contributed by atoms with Gasteiger partial charge in [-0.3, -0.25) is 9.59 Å².